The van der Waals surface area contributed by atoms with E-state index >= 15 is 0 Å². The van der Waals surface area contributed by atoms with Crippen molar-refractivity contribution >= 4 is 17.9 Å². The highest BCUT2D eigenvalue weighted by Crippen LogP contribution is 2.30. The fraction of sp³-hybridized carbons (Fsp3) is 0.633. The van der Waals surface area contributed by atoms with Crippen LogP contribution in [0.5, 0.6) is 0 Å². The predicted octanol–water partition coefficient (Wildman–Crippen LogP) is 5.33. The minimum Gasteiger partial charge on any atom is -0.444 e. The summed E-state index contributed by atoms with van der Waals surface area (Å²) in [5.74, 6) is 1.86. The molecule has 3 amide bonds. The third-order valence-corrected chi connectivity index (χ3v) is 6.81. The zero-order valence-corrected chi connectivity index (χ0v) is 23.6. The Morgan fingerprint density at radius 2 is 1.73 bits per heavy atom. The van der Waals surface area contributed by atoms with Crippen LogP contribution in [0, 0.1) is 18.3 Å². The normalized spacial score (nSPS) is 16.7. The number of rotatable bonds is 9. The van der Waals surface area contributed by atoms with Gasteiger partial charge in [0.05, 0.1) is 0 Å². The molecule has 2 rings (SSSR count). The van der Waals surface area contributed by atoms with Crippen molar-refractivity contribution in [1.29, 1.82) is 0 Å². The lowest BCUT2D eigenvalue weighted by Gasteiger charge is -2.40. The molecule has 3 atom stereocenters. The zero-order valence-electron chi connectivity index (χ0n) is 23.6. The summed E-state index contributed by atoms with van der Waals surface area (Å²) in [6, 6.07) is 5.22. The van der Waals surface area contributed by atoms with Gasteiger partial charge in [0.15, 0.2) is 0 Å². The van der Waals surface area contributed by atoms with E-state index in [1.54, 1.807) is 31.7 Å². The lowest BCUT2D eigenvalue weighted by molar-refractivity contribution is -0.146. The highest BCUT2D eigenvalue weighted by molar-refractivity contribution is 5.93. The van der Waals surface area contributed by atoms with Crippen molar-refractivity contribution in [2.24, 2.45) is 5.92 Å². The molecular weight excluding hydrogens is 466 g/mol. The Hall–Kier alpha value is -3.01. The quantitative estimate of drug-likeness (QED) is 0.439. The van der Waals surface area contributed by atoms with E-state index in [0.717, 1.165) is 25.7 Å². The van der Waals surface area contributed by atoms with Crippen LogP contribution in [0.1, 0.15) is 104 Å². The maximum atomic E-state index is 14.2. The van der Waals surface area contributed by atoms with Gasteiger partial charge in [0.2, 0.25) is 11.8 Å². The van der Waals surface area contributed by atoms with E-state index in [4.69, 9.17) is 11.2 Å². The van der Waals surface area contributed by atoms with Crippen LogP contribution in [0.4, 0.5) is 4.79 Å². The Balaban J connectivity index is 2.54. The molecule has 1 aliphatic rings. The monoisotopic (exact) mass is 511 g/mol. The SMILES string of the molecule is C#Cc1ccccc1C(C(=O)NC1CCCCC1)N(C(=O)C(NC(=O)OC(C)(C)C)C(C)C)C(C)CC. The van der Waals surface area contributed by atoms with Crippen LogP contribution < -0.4 is 10.6 Å². The number of terminal acetylenes is 1. The second-order valence-electron chi connectivity index (χ2n) is 11.3. The first kappa shape index (κ1) is 30.2. The average molecular weight is 512 g/mol. The fourth-order valence-electron chi connectivity index (χ4n) is 4.72. The molecule has 1 aliphatic carbocycles. The van der Waals surface area contributed by atoms with Crippen LogP contribution >= 0.6 is 0 Å². The van der Waals surface area contributed by atoms with E-state index < -0.39 is 23.8 Å². The van der Waals surface area contributed by atoms with Crippen molar-refractivity contribution < 1.29 is 19.1 Å². The van der Waals surface area contributed by atoms with E-state index in [1.807, 2.05) is 45.9 Å². The fourth-order valence-corrected chi connectivity index (χ4v) is 4.72. The molecule has 37 heavy (non-hydrogen) atoms. The van der Waals surface area contributed by atoms with Crippen LogP contribution in [0.2, 0.25) is 0 Å². The maximum Gasteiger partial charge on any atom is 0.408 e. The molecule has 0 aliphatic heterocycles. The molecule has 204 valence electrons. The van der Waals surface area contributed by atoms with E-state index in [0.29, 0.717) is 17.5 Å². The van der Waals surface area contributed by atoms with Gasteiger partial charge in [0.1, 0.15) is 17.7 Å². The lowest BCUT2D eigenvalue weighted by Crippen LogP contribution is -2.57. The number of carbonyl (C=O) groups excluding carboxylic acids is 3. The summed E-state index contributed by atoms with van der Waals surface area (Å²) < 4.78 is 5.44. The van der Waals surface area contributed by atoms with Crippen molar-refractivity contribution in [1.82, 2.24) is 15.5 Å². The molecule has 1 aromatic carbocycles. The van der Waals surface area contributed by atoms with Crippen molar-refractivity contribution in [3.63, 3.8) is 0 Å². The summed E-state index contributed by atoms with van der Waals surface area (Å²) in [6.07, 6.45) is 10.9. The van der Waals surface area contributed by atoms with Gasteiger partial charge in [-0.1, -0.05) is 64.2 Å². The van der Waals surface area contributed by atoms with Gasteiger partial charge in [0, 0.05) is 17.6 Å². The number of benzene rings is 1. The van der Waals surface area contributed by atoms with Crippen LogP contribution in [0.25, 0.3) is 0 Å². The van der Waals surface area contributed by atoms with E-state index in [9.17, 15) is 14.4 Å². The Morgan fingerprint density at radius 1 is 1.11 bits per heavy atom. The van der Waals surface area contributed by atoms with Gasteiger partial charge in [-0.2, -0.15) is 0 Å². The van der Waals surface area contributed by atoms with Gasteiger partial charge in [-0.05, 0) is 64.5 Å². The zero-order chi connectivity index (χ0) is 27.8. The molecule has 0 radical (unpaired) electrons. The highest BCUT2D eigenvalue weighted by Gasteiger charge is 2.40. The highest BCUT2D eigenvalue weighted by atomic mass is 16.6. The van der Waals surface area contributed by atoms with Gasteiger partial charge in [-0.25, -0.2) is 4.79 Å². The molecule has 7 nitrogen and oxygen atoms in total. The lowest BCUT2D eigenvalue weighted by atomic mass is 9.92. The predicted molar refractivity (Wildman–Crippen MR) is 147 cm³/mol. The topological polar surface area (TPSA) is 87.7 Å². The number of alkyl carbamates (subject to hydrolysis) is 1. The molecule has 0 bridgehead atoms. The molecule has 1 aromatic rings. The first-order valence-corrected chi connectivity index (χ1v) is 13.6. The second kappa shape index (κ2) is 13.5. The Kier molecular flexibility index (Phi) is 11.0. The van der Waals surface area contributed by atoms with Gasteiger partial charge >= 0.3 is 6.09 Å². The Labute approximate surface area is 223 Å². The molecule has 1 fully saturated rings. The Bertz CT molecular complexity index is 970. The number of ether oxygens (including phenoxy) is 1. The number of nitrogens with one attached hydrogen (secondary N) is 2. The number of hydrogen-bond donors (Lipinski definition) is 2. The molecule has 0 heterocycles. The van der Waals surface area contributed by atoms with Crippen LogP contribution in [0.15, 0.2) is 24.3 Å². The van der Waals surface area contributed by atoms with Crippen molar-refractivity contribution in [2.75, 3.05) is 0 Å². The molecule has 3 unspecified atom stereocenters. The van der Waals surface area contributed by atoms with Gasteiger partial charge < -0.3 is 20.3 Å². The third-order valence-electron chi connectivity index (χ3n) is 6.81. The van der Waals surface area contributed by atoms with E-state index in [2.05, 4.69) is 16.6 Å². The van der Waals surface area contributed by atoms with Crippen molar-refractivity contribution in [3.05, 3.63) is 35.4 Å². The molecule has 1 saturated carbocycles. The summed E-state index contributed by atoms with van der Waals surface area (Å²) in [6.45, 7) is 12.9. The summed E-state index contributed by atoms with van der Waals surface area (Å²) in [5, 5.41) is 5.97. The minimum atomic E-state index is -0.932. The van der Waals surface area contributed by atoms with Crippen LogP contribution in [0.3, 0.4) is 0 Å². The number of hydrogen-bond acceptors (Lipinski definition) is 4. The van der Waals surface area contributed by atoms with Gasteiger partial charge in [0.25, 0.3) is 0 Å². The molecule has 7 heteroatoms. The molecule has 2 N–H and O–H groups in total. The number of amides is 3. The summed E-state index contributed by atoms with van der Waals surface area (Å²) in [5.41, 5.74) is 0.458. The third kappa shape index (κ3) is 8.52. The molecule has 0 spiro atoms. The standard InChI is InChI=1S/C30H45N3O4/c1-9-21(5)33(28(35)25(20(3)4)32-29(36)37-30(6,7)8)26(24-19-15-14-16-22(24)10-2)27(34)31-23-17-12-11-13-18-23/h2,14-16,19-21,23,25-26H,9,11-13,17-18H2,1,3-8H3,(H,31,34)(H,32,36). The summed E-state index contributed by atoms with van der Waals surface area (Å²) in [4.78, 5) is 42.5. The van der Waals surface area contributed by atoms with Crippen molar-refractivity contribution in [3.8, 4) is 12.3 Å². The van der Waals surface area contributed by atoms with Gasteiger partial charge in [-0.3, -0.25) is 9.59 Å². The van der Waals surface area contributed by atoms with Gasteiger partial charge in [-0.15, -0.1) is 6.42 Å². The van der Waals surface area contributed by atoms with Crippen LogP contribution in [-0.4, -0.2) is 46.5 Å². The van der Waals surface area contributed by atoms with Crippen molar-refractivity contribution in [2.45, 2.75) is 117 Å². The molecule has 0 aromatic heterocycles. The smallest absolute Gasteiger partial charge is 0.408 e. The first-order chi connectivity index (χ1) is 17.4. The molecule has 0 saturated heterocycles. The average Bonchev–Trinajstić information content (AvgIpc) is 2.84. The molecular formula is C30H45N3O4. The summed E-state index contributed by atoms with van der Waals surface area (Å²) in [7, 11) is 0. The first-order valence-electron chi connectivity index (χ1n) is 13.6. The maximum absolute atomic E-state index is 14.2. The number of nitrogens with zero attached hydrogens (tertiary/aromatic N) is 1. The van der Waals surface area contributed by atoms with E-state index in [1.165, 1.54) is 6.42 Å². The number of carbonyl (C=O) groups is 3. The van der Waals surface area contributed by atoms with E-state index in [-0.39, 0.29) is 29.8 Å². The Morgan fingerprint density at radius 3 is 2.27 bits per heavy atom. The summed E-state index contributed by atoms with van der Waals surface area (Å²) >= 11 is 0. The largest absolute Gasteiger partial charge is 0.444 e. The van der Waals surface area contributed by atoms with Crippen LogP contribution in [-0.2, 0) is 14.3 Å². The second-order valence-corrected chi connectivity index (χ2v) is 11.3. The minimum absolute atomic E-state index is 0.0661.